The van der Waals surface area contributed by atoms with Gasteiger partial charge in [-0.05, 0) is 37.2 Å². The van der Waals surface area contributed by atoms with Gasteiger partial charge in [0.2, 0.25) is 0 Å². The van der Waals surface area contributed by atoms with Gasteiger partial charge >= 0.3 is 5.51 Å². The number of benzene rings is 1. The first-order chi connectivity index (χ1) is 8.29. The summed E-state index contributed by atoms with van der Waals surface area (Å²) in [7, 11) is 0. The zero-order valence-corrected chi connectivity index (χ0v) is 10.9. The third-order valence-electron chi connectivity index (χ3n) is 2.23. The summed E-state index contributed by atoms with van der Waals surface area (Å²) >= 11 is -0.116. The summed E-state index contributed by atoms with van der Waals surface area (Å²) in [5.41, 5.74) is -2.72. The largest absolute Gasteiger partial charge is 0.492 e. The Morgan fingerprint density at radius 2 is 2.06 bits per heavy atom. The zero-order valence-electron chi connectivity index (χ0n) is 10.1. The number of aryl methyl sites for hydroxylation is 1. The molecule has 18 heavy (non-hydrogen) atoms. The van der Waals surface area contributed by atoms with Gasteiger partial charge in [0.25, 0.3) is 0 Å². The number of hydrogen-bond acceptors (Lipinski definition) is 3. The van der Waals surface area contributed by atoms with Gasteiger partial charge in [-0.25, -0.2) is 0 Å². The number of halogens is 3. The van der Waals surface area contributed by atoms with Crippen LogP contribution in [0.4, 0.5) is 13.2 Å². The van der Waals surface area contributed by atoms with Crippen LogP contribution in [0.15, 0.2) is 18.2 Å². The first-order valence-electron chi connectivity index (χ1n) is 5.41. The van der Waals surface area contributed by atoms with Crippen molar-refractivity contribution in [3.05, 3.63) is 29.3 Å². The maximum atomic E-state index is 11.9. The Morgan fingerprint density at radius 1 is 1.39 bits per heavy atom. The van der Waals surface area contributed by atoms with Crippen LogP contribution in [-0.2, 0) is 0 Å². The van der Waals surface area contributed by atoms with Crippen LogP contribution in [0, 0.1) is 6.92 Å². The van der Waals surface area contributed by atoms with Gasteiger partial charge in [-0.3, -0.25) is 0 Å². The lowest BCUT2D eigenvalue weighted by molar-refractivity contribution is -0.0329. The quantitative estimate of drug-likeness (QED) is 0.834. The molecule has 6 heteroatoms. The van der Waals surface area contributed by atoms with E-state index < -0.39 is 11.6 Å². The molecular weight excluding hydrogens is 265 g/mol. The molecule has 0 amide bonds. The summed E-state index contributed by atoms with van der Waals surface area (Å²) in [5, 5.41) is 9.52. The van der Waals surface area contributed by atoms with Gasteiger partial charge in [0.15, 0.2) is 0 Å². The molecule has 0 spiro atoms. The molecule has 0 fully saturated rings. The SMILES string of the molecule is Cc1ccc([C@@H](C)O)c(OCCSC(F)(F)F)c1. The molecule has 1 N–H and O–H groups in total. The highest BCUT2D eigenvalue weighted by Gasteiger charge is 2.27. The van der Waals surface area contributed by atoms with E-state index in [1.165, 1.54) is 0 Å². The van der Waals surface area contributed by atoms with E-state index in [4.69, 9.17) is 4.74 Å². The van der Waals surface area contributed by atoms with Crippen molar-refractivity contribution in [2.75, 3.05) is 12.4 Å². The molecule has 0 saturated carbocycles. The fourth-order valence-electron chi connectivity index (χ4n) is 1.42. The monoisotopic (exact) mass is 280 g/mol. The number of alkyl halides is 3. The van der Waals surface area contributed by atoms with Crippen LogP contribution >= 0.6 is 11.8 Å². The Labute approximate surface area is 108 Å². The van der Waals surface area contributed by atoms with Crippen LogP contribution in [0.5, 0.6) is 5.75 Å². The van der Waals surface area contributed by atoms with Gasteiger partial charge in [0, 0.05) is 11.3 Å². The second-order valence-electron chi connectivity index (χ2n) is 3.86. The number of hydrogen-bond donors (Lipinski definition) is 1. The predicted octanol–water partition coefficient (Wildman–Crippen LogP) is 3.68. The molecule has 0 aliphatic rings. The van der Waals surface area contributed by atoms with Crippen molar-refractivity contribution in [1.29, 1.82) is 0 Å². The average Bonchev–Trinajstić information content (AvgIpc) is 2.22. The van der Waals surface area contributed by atoms with Gasteiger partial charge in [-0.2, -0.15) is 13.2 Å². The molecule has 0 aromatic heterocycles. The molecule has 102 valence electrons. The fraction of sp³-hybridized carbons (Fsp3) is 0.500. The molecule has 1 aromatic carbocycles. The lowest BCUT2D eigenvalue weighted by Gasteiger charge is -2.14. The van der Waals surface area contributed by atoms with Crippen LogP contribution in [0.2, 0.25) is 0 Å². The Morgan fingerprint density at radius 3 is 2.61 bits per heavy atom. The second-order valence-corrected chi connectivity index (χ2v) is 5.02. The van der Waals surface area contributed by atoms with Crippen LogP contribution in [0.3, 0.4) is 0 Å². The van der Waals surface area contributed by atoms with Crippen molar-refractivity contribution >= 4 is 11.8 Å². The van der Waals surface area contributed by atoms with E-state index >= 15 is 0 Å². The minimum absolute atomic E-state index is 0.0483. The summed E-state index contributed by atoms with van der Waals surface area (Å²) in [5.74, 6) is 0.268. The first-order valence-corrected chi connectivity index (χ1v) is 6.40. The molecule has 0 radical (unpaired) electrons. The van der Waals surface area contributed by atoms with E-state index in [0.717, 1.165) is 5.56 Å². The molecule has 0 aliphatic carbocycles. The van der Waals surface area contributed by atoms with E-state index in [1.807, 2.05) is 13.0 Å². The highest BCUT2D eigenvalue weighted by atomic mass is 32.2. The molecular formula is C12H15F3O2S. The summed E-state index contributed by atoms with van der Waals surface area (Å²) in [6.45, 7) is 3.39. The Balaban J connectivity index is 2.58. The molecule has 0 unspecified atom stereocenters. The molecule has 0 heterocycles. The number of aliphatic hydroxyl groups excluding tert-OH is 1. The Kier molecular flexibility index (Phi) is 5.34. The zero-order chi connectivity index (χ0) is 13.8. The standard InChI is InChI=1S/C12H15F3O2S/c1-8-3-4-10(9(2)16)11(7-8)17-5-6-18-12(13,14)15/h3-4,7,9,16H,5-6H2,1-2H3/t9-/m1/s1. The van der Waals surface area contributed by atoms with Gasteiger partial charge in [-0.15, -0.1) is 0 Å². The lowest BCUT2D eigenvalue weighted by Crippen LogP contribution is -2.09. The molecule has 1 rings (SSSR count). The number of thioether (sulfide) groups is 1. The smallest absolute Gasteiger partial charge is 0.441 e. The van der Waals surface area contributed by atoms with Crippen LogP contribution in [-0.4, -0.2) is 23.0 Å². The van der Waals surface area contributed by atoms with E-state index in [9.17, 15) is 18.3 Å². The predicted molar refractivity (Wildman–Crippen MR) is 65.8 cm³/mol. The molecule has 1 aromatic rings. The maximum Gasteiger partial charge on any atom is 0.441 e. The third-order valence-corrected chi connectivity index (χ3v) is 2.92. The van der Waals surface area contributed by atoms with Crippen LogP contribution < -0.4 is 4.74 Å². The molecule has 0 aliphatic heterocycles. The Hall–Kier alpha value is -0.880. The lowest BCUT2D eigenvalue weighted by atomic mass is 10.1. The van der Waals surface area contributed by atoms with Crippen molar-refractivity contribution < 1.29 is 23.0 Å². The van der Waals surface area contributed by atoms with E-state index in [2.05, 4.69) is 0 Å². The van der Waals surface area contributed by atoms with Crippen molar-refractivity contribution in [1.82, 2.24) is 0 Å². The highest BCUT2D eigenvalue weighted by molar-refractivity contribution is 8.00. The summed E-state index contributed by atoms with van der Waals surface area (Å²) in [4.78, 5) is 0. The summed E-state index contributed by atoms with van der Waals surface area (Å²) in [6.07, 6.45) is -0.712. The third kappa shape index (κ3) is 5.18. The summed E-state index contributed by atoms with van der Waals surface area (Å²) < 4.78 is 41.1. The highest BCUT2D eigenvalue weighted by Crippen LogP contribution is 2.30. The minimum atomic E-state index is -4.23. The second kappa shape index (κ2) is 6.33. The normalized spacial score (nSPS) is 13.4. The fourth-order valence-corrected chi connectivity index (χ4v) is 1.82. The first kappa shape index (κ1) is 15.2. The van der Waals surface area contributed by atoms with E-state index in [-0.39, 0.29) is 24.1 Å². The van der Waals surface area contributed by atoms with E-state index in [1.54, 1.807) is 19.1 Å². The van der Waals surface area contributed by atoms with Crippen molar-refractivity contribution in [3.63, 3.8) is 0 Å². The average molecular weight is 280 g/mol. The van der Waals surface area contributed by atoms with Gasteiger partial charge in [-0.1, -0.05) is 12.1 Å². The van der Waals surface area contributed by atoms with Crippen LogP contribution in [0.1, 0.15) is 24.2 Å². The van der Waals surface area contributed by atoms with Crippen LogP contribution in [0.25, 0.3) is 0 Å². The molecule has 0 bridgehead atoms. The van der Waals surface area contributed by atoms with Crippen molar-refractivity contribution in [2.24, 2.45) is 0 Å². The minimum Gasteiger partial charge on any atom is -0.492 e. The van der Waals surface area contributed by atoms with Gasteiger partial charge < -0.3 is 9.84 Å². The maximum absolute atomic E-state index is 11.9. The van der Waals surface area contributed by atoms with Gasteiger partial charge in [0.05, 0.1) is 12.7 Å². The summed E-state index contributed by atoms with van der Waals surface area (Å²) in [6, 6.07) is 5.24. The molecule has 1 atom stereocenters. The Bertz CT molecular complexity index is 391. The molecule has 0 saturated heterocycles. The van der Waals surface area contributed by atoms with Crippen molar-refractivity contribution in [3.8, 4) is 5.75 Å². The molecule has 2 nitrogen and oxygen atoms in total. The number of rotatable bonds is 5. The number of aliphatic hydroxyl groups is 1. The number of ether oxygens (including phenoxy) is 1. The van der Waals surface area contributed by atoms with Gasteiger partial charge in [0.1, 0.15) is 5.75 Å². The van der Waals surface area contributed by atoms with E-state index in [0.29, 0.717) is 11.3 Å². The topological polar surface area (TPSA) is 29.5 Å². The van der Waals surface area contributed by atoms with Crippen molar-refractivity contribution in [2.45, 2.75) is 25.5 Å².